The lowest BCUT2D eigenvalue weighted by Crippen LogP contribution is -2.30. The van der Waals surface area contributed by atoms with E-state index in [4.69, 9.17) is 5.26 Å². The molecule has 2 saturated heterocycles. The molecule has 5 nitrogen and oxygen atoms in total. The van der Waals surface area contributed by atoms with Crippen molar-refractivity contribution >= 4 is 5.82 Å². The van der Waals surface area contributed by atoms with Crippen LogP contribution >= 0.6 is 0 Å². The molecule has 2 aliphatic heterocycles. The van der Waals surface area contributed by atoms with Crippen molar-refractivity contribution in [2.45, 2.75) is 18.9 Å². The summed E-state index contributed by atoms with van der Waals surface area (Å²) in [7, 11) is 0. The second kappa shape index (κ2) is 4.17. The molecule has 1 aromatic rings. The second-order valence-electron chi connectivity index (χ2n) is 5.96. The molecule has 0 N–H and O–H groups in total. The number of hydrogen-bond donors (Lipinski definition) is 0. The molecule has 0 aromatic carbocycles. The van der Waals surface area contributed by atoms with Crippen LogP contribution in [-0.4, -0.2) is 47.1 Å². The fourth-order valence-corrected chi connectivity index (χ4v) is 3.53. The van der Waals surface area contributed by atoms with Crippen LogP contribution in [0.1, 0.15) is 18.7 Å². The Kier molecular flexibility index (Phi) is 2.46. The molecule has 3 aliphatic rings. The quantitative estimate of drug-likeness (QED) is 0.785. The summed E-state index contributed by atoms with van der Waals surface area (Å²) in [6.45, 7) is 4.66. The van der Waals surface area contributed by atoms with Crippen LogP contribution in [0.5, 0.6) is 0 Å². The Morgan fingerprint density at radius 2 is 1.89 bits per heavy atom. The molecule has 19 heavy (non-hydrogen) atoms. The van der Waals surface area contributed by atoms with Gasteiger partial charge in [0.15, 0.2) is 0 Å². The Bertz CT molecular complexity index is 519. The number of nitrogens with zero attached hydrogens (tertiary/aromatic N) is 5. The number of fused-ring (bicyclic) bond motifs is 1. The van der Waals surface area contributed by atoms with Gasteiger partial charge >= 0.3 is 0 Å². The molecule has 1 aromatic heterocycles. The standard InChI is InChI=1S/C14H17N5/c15-5-13-16-4-3-14(17-13)19-8-10-6-18(12-1-2-12)7-11(10)9-19/h3-4,10-12H,1-2,6-9H2. The van der Waals surface area contributed by atoms with Crippen LogP contribution in [-0.2, 0) is 0 Å². The molecule has 0 radical (unpaired) electrons. The summed E-state index contributed by atoms with van der Waals surface area (Å²) in [5.74, 6) is 2.75. The van der Waals surface area contributed by atoms with E-state index in [1.165, 1.54) is 25.9 Å². The van der Waals surface area contributed by atoms with Crippen LogP contribution in [0.15, 0.2) is 12.3 Å². The van der Waals surface area contributed by atoms with Gasteiger partial charge < -0.3 is 4.90 Å². The first kappa shape index (κ1) is 11.2. The molecular formula is C14H17N5. The van der Waals surface area contributed by atoms with E-state index in [1.807, 2.05) is 12.1 Å². The molecule has 5 heteroatoms. The van der Waals surface area contributed by atoms with Crippen LogP contribution in [0.2, 0.25) is 0 Å². The zero-order chi connectivity index (χ0) is 12.8. The molecule has 2 atom stereocenters. The van der Waals surface area contributed by atoms with Crippen molar-refractivity contribution in [1.29, 1.82) is 5.26 Å². The SMILES string of the molecule is N#Cc1nccc(N2CC3CN(C4CC4)CC3C2)n1. The highest BCUT2D eigenvalue weighted by Crippen LogP contribution is 2.38. The third kappa shape index (κ3) is 1.96. The monoisotopic (exact) mass is 255 g/mol. The Morgan fingerprint density at radius 1 is 1.16 bits per heavy atom. The topological polar surface area (TPSA) is 56.1 Å². The normalized spacial score (nSPS) is 30.4. The zero-order valence-corrected chi connectivity index (χ0v) is 10.9. The summed E-state index contributed by atoms with van der Waals surface area (Å²) in [5.41, 5.74) is 0. The van der Waals surface area contributed by atoms with Crippen molar-refractivity contribution in [2.75, 3.05) is 31.1 Å². The maximum atomic E-state index is 8.87. The molecule has 2 unspecified atom stereocenters. The molecule has 0 spiro atoms. The third-order valence-electron chi connectivity index (χ3n) is 4.64. The van der Waals surface area contributed by atoms with Gasteiger partial charge in [0.2, 0.25) is 5.82 Å². The minimum atomic E-state index is 0.272. The van der Waals surface area contributed by atoms with E-state index in [0.717, 1.165) is 36.8 Å². The Balaban J connectivity index is 1.47. The maximum absolute atomic E-state index is 8.87. The summed E-state index contributed by atoms with van der Waals surface area (Å²) in [6.07, 6.45) is 4.49. The highest BCUT2D eigenvalue weighted by atomic mass is 15.3. The van der Waals surface area contributed by atoms with Crippen LogP contribution in [0.25, 0.3) is 0 Å². The van der Waals surface area contributed by atoms with Gasteiger partial charge in [-0.25, -0.2) is 9.97 Å². The van der Waals surface area contributed by atoms with Gasteiger partial charge in [-0.2, -0.15) is 5.26 Å². The molecular weight excluding hydrogens is 238 g/mol. The fourth-order valence-electron chi connectivity index (χ4n) is 3.53. The van der Waals surface area contributed by atoms with Gasteiger partial charge in [0.25, 0.3) is 0 Å². The first-order valence-corrected chi connectivity index (χ1v) is 7.05. The van der Waals surface area contributed by atoms with Crippen molar-refractivity contribution in [2.24, 2.45) is 11.8 Å². The lowest BCUT2D eigenvalue weighted by molar-refractivity contribution is 0.306. The summed E-state index contributed by atoms with van der Waals surface area (Å²) in [4.78, 5) is 13.2. The van der Waals surface area contributed by atoms with Crippen molar-refractivity contribution in [1.82, 2.24) is 14.9 Å². The zero-order valence-electron chi connectivity index (χ0n) is 10.9. The average Bonchev–Trinajstić information content (AvgIpc) is 3.09. The molecule has 1 saturated carbocycles. The first-order valence-electron chi connectivity index (χ1n) is 7.05. The van der Waals surface area contributed by atoms with Gasteiger partial charge in [-0.05, 0) is 30.7 Å². The van der Waals surface area contributed by atoms with Crippen molar-refractivity contribution < 1.29 is 0 Å². The molecule has 98 valence electrons. The number of rotatable bonds is 2. The van der Waals surface area contributed by atoms with E-state index >= 15 is 0 Å². The van der Waals surface area contributed by atoms with Crippen molar-refractivity contribution in [3.05, 3.63) is 18.1 Å². The molecule has 0 bridgehead atoms. The Labute approximate surface area is 112 Å². The third-order valence-corrected chi connectivity index (χ3v) is 4.64. The summed E-state index contributed by atoms with van der Waals surface area (Å²) in [5, 5.41) is 8.87. The van der Waals surface area contributed by atoms with E-state index in [9.17, 15) is 0 Å². The predicted molar refractivity (Wildman–Crippen MR) is 70.5 cm³/mol. The van der Waals surface area contributed by atoms with Gasteiger partial charge in [-0.15, -0.1) is 0 Å². The van der Waals surface area contributed by atoms with Crippen molar-refractivity contribution in [3.63, 3.8) is 0 Å². The van der Waals surface area contributed by atoms with Crippen LogP contribution < -0.4 is 4.90 Å². The highest BCUT2D eigenvalue weighted by molar-refractivity contribution is 5.41. The summed E-state index contributed by atoms with van der Waals surface area (Å²) < 4.78 is 0. The van der Waals surface area contributed by atoms with E-state index in [2.05, 4.69) is 19.8 Å². The fraction of sp³-hybridized carbons (Fsp3) is 0.643. The lowest BCUT2D eigenvalue weighted by Gasteiger charge is -2.21. The number of anilines is 1. The molecule has 3 fully saturated rings. The van der Waals surface area contributed by atoms with Crippen LogP contribution in [0, 0.1) is 23.2 Å². The number of likely N-dealkylation sites (tertiary alicyclic amines) is 1. The van der Waals surface area contributed by atoms with E-state index < -0.39 is 0 Å². The highest BCUT2D eigenvalue weighted by Gasteiger charge is 2.44. The van der Waals surface area contributed by atoms with E-state index in [0.29, 0.717) is 0 Å². The Hall–Kier alpha value is -1.67. The number of nitriles is 1. The van der Waals surface area contributed by atoms with Gasteiger partial charge in [-0.1, -0.05) is 0 Å². The first-order chi connectivity index (χ1) is 9.33. The average molecular weight is 255 g/mol. The largest absolute Gasteiger partial charge is 0.356 e. The smallest absolute Gasteiger partial charge is 0.234 e. The van der Waals surface area contributed by atoms with Gasteiger partial charge in [0, 0.05) is 38.4 Å². The summed E-state index contributed by atoms with van der Waals surface area (Å²) in [6, 6.07) is 4.82. The second-order valence-corrected chi connectivity index (χ2v) is 5.96. The summed E-state index contributed by atoms with van der Waals surface area (Å²) >= 11 is 0. The lowest BCUT2D eigenvalue weighted by atomic mass is 10.0. The van der Waals surface area contributed by atoms with Crippen molar-refractivity contribution in [3.8, 4) is 6.07 Å². The number of hydrogen-bond acceptors (Lipinski definition) is 5. The van der Waals surface area contributed by atoms with Crippen LogP contribution in [0.3, 0.4) is 0 Å². The maximum Gasteiger partial charge on any atom is 0.234 e. The number of aromatic nitrogens is 2. The minimum Gasteiger partial charge on any atom is -0.356 e. The molecule has 3 heterocycles. The van der Waals surface area contributed by atoms with Gasteiger partial charge in [-0.3, -0.25) is 4.90 Å². The molecule has 0 amide bonds. The van der Waals surface area contributed by atoms with E-state index in [-0.39, 0.29) is 5.82 Å². The van der Waals surface area contributed by atoms with E-state index in [1.54, 1.807) is 6.20 Å². The predicted octanol–water partition coefficient (Wildman–Crippen LogP) is 0.879. The van der Waals surface area contributed by atoms with Crippen LogP contribution in [0.4, 0.5) is 5.82 Å². The minimum absolute atomic E-state index is 0.272. The molecule has 4 rings (SSSR count). The van der Waals surface area contributed by atoms with Gasteiger partial charge in [0.1, 0.15) is 11.9 Å². The molecule has 1 aliphatic carbocycles. The Morgan fingerprint density at radius 3 is 2.53 bits per heavy atom. The van der Waals surface area contributed by atoms with Gasteiger partial charge in [0.05, 0.1) is 0 Å².